The number of aromatic amines is 1. The minimum Gasteiger partial charge on any atom is -0.456 e. The molecule has 0 spiro atoms. The maximum atomic E-state index is 3.32. The topological polar surface area (TPSA) is 15.8 Å². The molecule has 0 radical (unpaired) electrons. The molecule has 66 valence electrons. The molecule has 1 rings (SSSR count). The van der Waals surface area contributed by atoms with Crippen molar-refractivity contribution in [3.63, 3.8) is 0 Å². The molecule has 1 aromatic rings. The molecule has 2 heteroatoms. The summed E-state index contributed by atoms with van der Waals surface area (Å²) in [7, 11) is 0. The van der Waals surface area contributed by atoms with E-state index in [0.29, 0.717) is 0 Å². The Hall–Kier alpha value is -0.0317. The van der Waals surface area contributed by atoms with Crippen molar-refractivity contribution < 1.29 is 21.1 Å². The van der Waals surface area contributed by atoms with Gasteiger partial charge in [0.1, 0.15) is 0 Å². The standard InChI is InChI=1S/C10H16N.W/c1-7(2)5-10-6-8(3)11-9(10)4;/h7,11H,5H2,1-4H3;/q-1;+2. The molecule has 0 aliphatic heterocycles. The van der Waals surface area contributed by atoms with Gasteiger partial charge in [-0.25, -0.2) is 6.07 Å². The van der Waals surface area contributed by atoms with Gasteiger partial charge in [-0.15, -0.1) is 5.69 Å². The van der Waals surface area contributed by atoms with Crippen LogP contribution in [0.25, 0.3) is 0 Å². The molecular formula is C10H16NW+. The summed E-state index contributed by atoms with van der Waals surface area (Å²) in [5.41, 5.74) is 3.77. The zero-order valence-electron chi connectivity index (χ0n) is 8.19. The molecule has 0 bridgehead atoms. The molecule has 0 saturated carbocycles. The molecule has 1 aromatic heterocycles. The smallest absolute Gasteiger partial charge is 0.456 e. The van der Waals surface area contributed by atoms with E-state index in [1.54, 1.807) is 0 Å². The van der Waals surface area contributed by atoms with Gasteiger partial charge >= 0.3 is 21.1 Å². The van der Waals surface area contributed by atoms with Crippen molar-refractivity contribution in [1.29, 1.82) is 0 Å². The van der Waals surface area contributed by atoms with Crippen molar-refractivity contribution in [2.45, 2.75) is 34.1 Å². The second-order valence-electron chi connectivity index (χ2n) is 3.58. The van der Waals surface area contributed by atoms with Gasteiger partial charge in [0.2, 0.25) is 0 Å². The average Bonchev–Trinajstić information content (AvgIpc) is 2.09. The van der Waals surface area contributed by atoms with Crippen molar-refractivity contribution in [3.8, 4) is 0 Å². The number of aromatic nitrogens is 1. The van der Waals surface area contributed by atoms with E-state index in [2.05, 4.69) is 38.7 Å². The first-order valence-corrected chi connectivity index (χ1v) is 4.17. The Kier molecular flexibility index (Phi) is 4.85. The number of nitrogens with one attached hydrogen (secondary N) is 1. The van der Waals surface area contributed by atoms with Crippen LogP contribution in [0.1, 0.15) is 30.8 Å². The maximum Gasteiger partial charge on any atom is 2.00 e. The molecule has 1 N–H and O–H groups in total. The number of hydrogen-bond acceptors (Lipinski definition) is 0. The summed E-state index contributed by atoms with van der Waals surface area (Å²) in [5, 5.41) is 0. The monoisotopic (exact) mass is 334 g/mol. The molecule has 0 amide bonds. The Morgan fingerprint density at radius 2 is 1.92 bits per heavy atom. The third-order valence-electron chi connectivity index (χ3n) is 1.78. The number of rotatable bonds is 2. The minimum absolute atomic E-state index is 0. The Bertz CT molecular complexity index is 238. The predicted molar refractivity (Wildman–Crippen MR) is 47.6 cm³/mol. The van der Waals surface area contributed by atoms with E-state index in [9.17, 15) is 0 Å². The van der Waals surface area contributed by atoms with Crippen LogP contribution in [0.2, 0.25) is 0 Å². The molecule has 0 aliphatic carbocycles. The van der Waals surface area contributed by atoms with E-state index in [-0.39, 0.29) is 21.1 Å². The van der Waals surface area contributed by atoms with Gasteiger partial charge in [0.15, 0.2) is 0 Å². The van der Waals surface area contributed by atoms with Crippen LogP contribution in [0.5, 0.6) is 0 Å². The van der Waals surface area contributed by atoms with Gasteiger partial charge < -0.3 is 4.98 Å². The minimum atomic E-state index is 0. The van der Waals surface area contributed by atoms with Gasteiger partial charge in [-0.05, 0) is 12.8 Å². The van der Waals surface area contributed by atoms with Crippen LogP contribution in [0, 0.1) is 25.8 Å². The zero-order chi connectivity index (χ0) is 8.43. The summed E-state index contributed by atoms with van der Waals surface area (Å²) in [6.07, 6.45) is 1.14. The van der Waals surface area contributed by atoms with E-state index in [4.69, 9.17) is 0 Å². The maximum absolute atomic E-state index is 3.32. The number of hydrogen-bond donors (Lipinski definition) is 1. The summed E-state index contributed by atoms with van der Waals surface area (Å²) in [5.74, 6) is 0.722. The molecule has 0 aromatic carbocycles. The first-order chi connectivity index (χ1) is 5.09. The Morgan fingerprint density at radius 1 is 1.33 bits per heavy atom. The van der Waals surface area contributed by atoms with Gasteiger partial charge in [-0.2, -0.15) is 5.56 Å². The van der Waals surface area contributed by atoms with Crippen LogP contribution in [0.4, 0.5) is 0 Å². The summed E-state index contributed by atoms with van der Waals surface area (Å²) < 4.78 is 0. The quantitative estimate of drug-likeness (QED) is 0.801. The van der Waals surface area contributed by atoms with Crippen LogP contribution in [0.3, 0.4) is 0 Å². The zero-order valence-corrected chi connectivity index (χ0v) is 11.1. The van der Waals surface area contributed by atoms with E-state index >= 15 is 0 Å². The van der Waals surface area contributed by atoms with E-state index in [0.717, 1.165) is 18.0 Å². The van der Waals surface area contributed by atoms with Crippen molar-refractivity contribution in [2.24, 2.45) is 5.92 Å². The predicted octanol–water partition coefficient (Wildman–Crippen LogP) is 2.63. The van der Waals surface area contributed by atoms with Crippen molar-refractivity contribution in [1.82, 2.24) is 4.98 Å². The SMILES string of the molecule is Cc1[c-]c(CC(C)C)c(C)[nH]1.[W+2]. The molecular weight excluding hydrogens is 318 g/mol. The third-order valence-corrected chi connectivity index (χ3v) is 1.78. The van der Waals surface area contributed by atoms with Gasteiger partial charge in [0.25, 0.3) is 0 Å². The Labute approximate surface area is 89.2 Å². The van der Waals surface area contributed by atoms with Crippen LogP contribution < -0.4 is 0 Å². The fourth-order valence-electron chi connectivity index (χ4n) is 1.32. The number of H-pyrrole nitrogens is 1. The summed E-state index contributed by atoms with van der Waals surface area (Å²) in [6, 6.07) is 3.32. The number of aryl methyl sites for hydroxylation is 2. The molecule has 1 nitrogen and oxygen atoms in total. The second-order valence-corrected chi connectivity index (χ2v) is 3.58. The van der Waals surface area contributed by atoms with Crippen LogP contribution in [-0.4, -0.2) is 4.98 Å². The van der Waals surface area contributed by atoms with Crippen LogP contribution in [-0.2, 0) is 27.5 Å². The van der Waals surface area contributed by atoms with Gasteiger partial charge in [-0.1, -0.05) is 32.9 Å². The Balaban J connectivity index is 0.00000121. The van der Waals surface area contributed by atoms with E-state index in [1.807, 2.05) is 0 Å². The van der Waals surface area contributed by atoms with Crippen LogP contribution >= 0.6 is 0 Å². The molecule has 0 fully saturated rings. The van der Waals surface area contributed by atoms with Gasteiger partial charge in [0.05, 0.1) is 0 Å². The molecule has 0 unspecified atom stereocenters. The normalized spacial score (nSPS) is 10.1. The van der Waals surface area contributed by atoms with Gasteiger partial charge in [0, 0.05) is 0 Å². The first-order valence-electron chi connectivity index (χ1n) is 4.17. The summed E-state index contributed by atoms with van der Waals surface area (Å²) >= 11 is 0. The average molecular weight is 334 g/mol. The first kappa shape index (κ1) is 12.0. The molecule has 0 aliphatic rings. The molecule has 1 heterocycles. The second kappa shape index (κ2) is 4.86. The largest absolute Gasteiger partial charge is 2.00 e. The van der Waals surface area contributed by atoms with Crippen LogP contribution in [0.15, 0.2) is 0 Å². The molecule has 0 atom stereocenters. The van der Waals surface area contributed by atoms with E-state index in [1.165, 1.54) is 11.3 Å². The fourth-order valence-corrected chi connectivity index (χ4v) is 1.32. The van der Waals surface area contributed by atoms with E-state index < -0.39 is 0 Å². The van der Waals surface area contributed by atoms with Crippen molar-refractivity contribution in [2.75, 3.05) is 0 Å². The summed E-state index contributed by atoms with van der Waals surface area (Å²) in [4.78, 5) is 3.26. The Morgan fingerprint density at radius 3 is 2.25 bits per heavy atom. The summed E-state index contributed by atoms with van der Waals surface area (Å²) in [6.45, 7) is 8.63. The molecule has 0 saturated heterocycles. The van der Waals surface area contributed by atoms with Gasteiger partial charge in [-0.3, -0.25) is 0 Å². The molecule has 12 heavy (non-hydrogen) atoms. The van der Waals surface area contributed by atoms with Crippen molar-refractivity contribution >= 4 is 0 Å². The fraction of sp³-hybridized carbons (Fsp3) is 0.600. The third kappa shape index (κ3) is 3.14. The van der Waals surface area contributed by atoms with Crippen molar-refractivity contribution in [3.05, 3.63) is 23.0 Å².